The van der Waals surface area contributed by atoms with Crippen molar-refractivity contribution >= 4 is 21.6 Å². The largest absolute Gasteiger partial charge is 0.379 e. The van der Waals surface area contributed by atoms with Gasteiger partial charge in [-0.1, -0.05) is 6.07 Å². The van der Waals surface area contributed by atoms with Crippen molar-refractivity contribution in [2.45, 2.75) is 49.6 Å². The number of carbonyl (C=O) groups excluding carboxylic acids is 1. The Morgan fingerprint density at radius 2 is 1.96 bits per heavy atom. The lowest BCUT2D eigenvalue weighted by molar-refractivity contribution is -0.118. The van der Waals surface area contributed by atoms with Crippen LogP contribution in [0.1, 0.15) is 32.6 Å². The van der Waals surface area contributed by atoms with E-state index in [4.69, 9.17) is 4.74 Å². The van der Waals surface area contributed by atoms with E-state index in [-0.39, 0.29) is 10.8 Å². The van der Waals surface area contributed by atoms with E-state index in [1.165, 1.54) is 17.1 Å². The minimum atomic E-state index is -3.57. The number of benzene rings is 1. The molecule has 0 aromatic heterocycles. The molecule has 0 spiro atoms. The van der Waals surface area contributed by atoms with E-state index in [2.05, 4.69) is 17.1 Å². The van der Waals surface area contributed by atoms with Gasteiger partial charge >= 0.3 is 0 Å². The van der Waals surface area contributed by atoms with Crippen molar-refractivity contribution in [2.24, 2.45) is 5.92 Å². The number of sulfonamides is 1. The number of nitrogens with one attached hydrogen (secondary N) is 1. The first-order valence-electron chi connectivity index (χ1n) is 10.2. The van der Waals surface area contributed by atoms with Crippen LogP contribution in [-0.2, 0) is 19.6 Å². The topological polar surface area (TPSA) is 79.0 Å². The number of amides is 1. The van der Waals surface area contributed by atoms with E-state index < -0.39 is 10.0 Å². The number of carbonyl (C=O) groups is 1. The van der Waals surface area contributed by atoms with Gasteiger partial charge in [0.15, 0.2) is 0 Å². The normalized spacial score (nSPS) is 22.2. The molecule has 1 amide bonds. The summed E-state index contributed by atoms with van der Waals surface area (Å²) in [6.07, 6.45) is 4.84. The van der Waals surface area contributed by atoms with Crippen LogP contribution in [0.4, 0.5) is 5.69 Å². The fourth-order valence-electron chi connectivity index (χ4n) is 3.90. The summed E-state index contributed by atoms with van der Waals surface area (Å²) < 4.78 is 32.3. The van der Waals surface area contributed by atoms with Crippen LogP contribution < -0.4 is 5.32 Å². The average molecular weight is 408 g/mol. The summed E-state index contributed by atoms with van der Waals surface area (Å²) in [4.78, 5) is 15.2. The summed E-state index contributed by atoms with van der Waals surface area (Å²) in [5.41, 5.74) is 0.522. The van der Waals surface area contributed by atoms with Crippen LogP contribution in [0.2, 0.25) is 0 Å². The van der Waals surface area contributed by atoms with Crippen molar-refractivity contribution in [3.8, 4) is 0 Å². The SMILES string of the molecule is C[C@H](C1CC1)N(CC(=O)Nc1cccc(S(=O)(=O)N2CCOCC2)c1)C1CC1. The monoisotopic (exact) mass is 407 g/mol. The van der Waals surface area contributed by atoms with Gasteiger partial charge in [0, 0.05) is 30.9 Å². The van der Waals surface area contributed by atoms with Gasteiger partial charge in [-0.25, -0.2) is 8.42 Å². The van der Waals surface area contributed by atoms with Crippen molar-refractivity contribution in [2.75, 3.05) is 38.2 Å². The fourth-order valence-corrected chi connectivity index (χ4v) is 5.35. The maximum atomic E-state index is 12.8. The Hall–Kier alpha value is -1.48. The van der Waals surface area contributed by atoms with Crippen molar-refractivity contribution in [3.05, 3.63) is 24.3 Å². The van der Waals surface area contributed by atoms with E-state index in [9.17, 15) is 13.2 Å². The number of morpholine rings is 1. The summed E-state index contributed by atoms with van der Waals surface area (Å²) in [7, 11) is -3.57. The molecule has 1 heterocycles. The third-order valence-corrected chi connectivity index (χ3v) is 7.79. The Bertz CT molecular complexity index is 814. The van der Waals surface area contributed by atoms with Gasteiger partial charge in [0.1, 0.15) is 0 Å². The van der Waals surface area contributed by atoms with Crippen molar-refractivity contribution in [1.29, 1.82) is 0 Å². The number of hydrogen-bond acceptors (Lipinski definition) is 5. The Balaban J connectivity index is 1.42. The molecular weight excluding hydrogens is 378 g/mol. The van der Waals surface area contributed by atoms with Gasteiger partial charge in [0.2, 0.25) is 15.9 Å². The van der Waals surface area contributed by atoms with Gasteiger partial charge in [0.25, 0.3) is 0 Å². The molecule has 1 aromatic rings. The van der Waals surface area contributed by atoms with Crippen LogP contribution in [0.25, 0.3) is 0 Å². The quantitative estimate of drug-likeness (QED) is 0.712. The second-order valence-electron chi connectivity index (χ2n) is 8.07. The van der Waals surface area contributed by atoms with Crippen LogP contribution in [0.3, 0.4) is 0 Å². The molecule has 3 aliphatic rings. The molecule has 2 aliphatic carbocycles. The highest BCUT2D eigenvalue weighted by atomic mass is 32.2. The predicted molar refractivity (Wildman–Crippen MR) is 107 cm³/mol. The van der Waals surface area contributed by atoms with E-state index in [1.54, 1.807) is 24.3 Å². The van der Waals surface area contributed by atoms with Gasteiger partial charge in [-0.2, -0.15) is 4.31 Å². The molecule has 1 atom stereocenters. The second-order valence-corrected chi connectivity index (χ2v) is 10.0. The third kappa shape index (κ3) is 4.56. The first-order valence-corrected chi connectivity index (χ1v) is 11.6. The number of hydrogen-bond donors (Lipinski definition) is 1. The van der Waals surface area contributed by atoms with Crippen LogP contribution >= 0.6 is 0 Å². The highest BCUT2D eigenvalue weighted by molar-refractivity contribution is 7.89. The zero-order valence-electron chi connectivity index (χ0n) is 16.3. The Kier molecular flexibility index (Phi) is 5.73. The molecule has 7 nitrogen and oxygen atoms in total. The molecule has 28 heavy (non-hydrogen) atoms. The van der Waals surface area contributed by atoms with Gasteiger partial charge in [-0.3, -0.25) is 9.69 Å². The standard InChI is InChI=1S/C20H29N3O4S/c1-15(16-5-6-16)23(18-7-8-18)14-20(24)21-17-3-2-4-19(13-17)28(25,26)22-9-11-27-12-10-22/h2-4,13,15-16,18H,5-12,14H2,1H3,(H,21,24)/t15-/m1/s1. The smallest absolute Gasteiger partial charge is 0.243 e. The molecule has 0 unspecified atom stereocenters. The minimum absolute atomic E-state index is 0.0830. The van der Waals surface area contributed by atoms with Crippen molar-refractivity contribution in [3.63, 3.8) is 0 Å². The molecule has 1 N–H and O–H groups in total. The van der Waals surface area contributed by atoms with Gasteiger partial charge in [-0.05, 0) is 56.7 Å². The predicted octanol–water partition coefficient (Wildman–Crippen LogP) is 1.91. The van der Waals surface area contributed by atoms with Crippen molar-refractivity contribution in [1.82, 2.24) is 9.21 Å². The maximum Gasteiger partial charge on any atom is 0.243 e. The van der Waals surface area contributed by atoms with Crippen LogP contribution in [0.5, 0.6) is 0 Å². The average Bonchev–Trinajstić information content (AvgIpc) is 3.59. The molecule has 1 aliphatic heterocycles. The zero-order chi connectivity index (χ0) is 19.7. The Morgan fingerprint density at radius 3 is 2.61 bits per heavy atom. The van der Waals surface area contributed by atoms with Gasteiger partial charge in [-0.15, -0.1) is 0 Å². The van der Waals surface area contributed by atoms with Crippen LogP contribution in [0, 0.1) is 5.92 Å². The molecule has 1 saturated heterocycles. The van der Waals surface area contributed by atoms with E-state index in [1.807, 2.05) is 0 Å². The number of nitrogens with zero attached hydrogens (tertiary/aromatic N) is 2. The molecule has 0 bridgehead atoms. The highest BCUT2D eigenvalue weighted by Crippen LogP contribution is 2.39. The summed E-state index contributed by atoms with van der Waals surface area (Å²) in [6.45, 7) is 4.11. The summed E-state index contributed by atoms with van der Waals surface area (Å²) >= 11 is 0. The zero-order valence-corrected chi connectivity index (χ0v) is 17.2. The van der Waals surface area contributed by atoms with Crippen LogP contribution in [-0.4, -0.2) is 68.5 Å². The minimum Gasteiger partial charge on any atom is -0.379 e. The molecule has 3 fully saturated rings. The molecular formula is C20H29N3O4S. The van der Waals surface area contributed by atoms with E-state index >= 15 is 0 Å². The van der Waals surface area contributed by atoms with Crippen molar-refractivity contribution < 1.29 is 17.9 Å². The second kappa shape index (κ2) is 8.10. The molecule has 0 radical (unpaired) electrons. The first kappa shape index (κ1) is 19.8. The van der Waals surface area contributed by atoms with Gasteiger partial charge in [0.05, 0.1) is 24.7 Å². The van der Waals surface area contributed by atoms with Gasteiger partial charge < -0.3 is 10.1 Å². The van der Waals surface area contributed by atoms with Crippen LogP contribution in [0.15, 0.2) is 29.2 Å². The Labute approximate surface area is 167 Å². The fraction of sp³-hybridized carbons (Fsp3) is 0.650. The molecule has 1 aromatic carbocycles. The molecule has 2 saturated carbocycles. The lowest BCUT2D eigenvalue weighted by Crippen LogP contribution is -2.42. The lowest BCUT2D eigenvalue weighted by atomic mass is 10.1. The van der Waals surface area contributed by atoms with E-state index in [0.29, 0.717) is 50.6 Å². The highest BCUT2D eigenvalue weighted by Gasteiger charge is 2.39. The number of ether oxygens (including phenoxy) is 1. The summed E-state index contributed by atoms with van der Waals surface area (Å²) in [6, 6.07) is 7.50. The molecule has 8 heteroatoms. The first-order chi connectivity index (χ1) is 13.4. The Morgan fingerprint density at radius 1 is 1.25 bits per heavy atom. The summed E-state index contributed by atoms with van der Waals surface area (Å²) in [5.74, 6) is 0.635. The molecule has 4 rings (SSSR count). The third-order valence-electron chi connectivity index (χ3n) is 5.90. The number of anilines is 1. The summed E-state index contributed by atoms with van der Waals surface area (Å²) in [5, 5.41) is 2.90. The molecule has 154 valence electrons. The number of rotatable bonds is 8. The lowest BCUT2D eigenvalue weighted by Gasteiger charge is -2.28. The maximum absolute atomic E-state index is 12.8. The van der Waals surface area contributed by atoms with E-state index in [0.717, 1.165) is 18.8 Å².